The summed E-state index contributed by atoms with van der Waals surface area (Å²) in [6.07, 6.45) is -12.3. The molecule has 3 heterocycles. The molecule has 0 fully saturated rings. The van der Waals surface area contributed by atoms with Crippen molar-refractivity contribution in [2.24, 2.45) is 0 Å². The van der Waals surface area contributed by atoms with E-state index in [0.29, 0.717) is 40.1 Å². The highest BCUT2D eigenvalue weighted by atomic mass is 19.4. The molecule has 3 aliphatic heterocycles. The Morgan fingerprint density at radius 1 is 0.448 bits per heavy atom. The topological polar surface area (TPSA) is 153 Å². The number of imide groups is 3. The molecule has 5 aromatic carbocycles. The third-order valence-electron chi connectivity index (χ3n) is 10.5. The molecule has 0 unspecified atom stereocenters. The Kier molecular flexibility index (Phi) is 8.01. The number of fused-ring (bicyclic) bond motifs is 3. The number of carbonyl (C=O) groups is 6. The Morgan fingerprint density at radius 3 is 1.24 bits per heavy atom. The molecule has 0 aliphatic carbocycles. The predicted octanol–water partition coefficient (Wildman–Crippen LogP) is 7.31. The molecule has 0 bridgehead atoms. The molecule has 0 aromatic heterocycles. The van der Waals surface area contributed by atoms with E-state index >= 15 is 26.3 Å². The number of benzene rings is 5. The van der Waals surface area contributed by atoms with E-state index in [4.69, 9.17) is 0 Å². The second-order valence-electron chi connectivity index (χ2n) is 13.8. The first-order chi connectivity index (χ1) is 27.2. The van der Waals surface area contributed by atoms with Crippen molar-refractivity contribution in [1.29, 1.82) is 0 Å². The van der Waals surface area contributed by atoms with Gasteiger partial charge in [-0.15, -0.1) is 0 Å². The van der Waals surface area contributed by atoms with Crippen LogP contribution >= 0.6 is 0 Å². The Bertz CT molecular complexity index is 2750. The fourth-order valence-corrected chi connectivity index (χ4v) is 7.63. The smallest absolute Gasteiger partial charge is 0.411 e. The summed E-state index contributed by atoms with van der Waals surface area (Å²) in [5.74, 6) is -7.14. The van der Waals surface area contributed by atoms with Crippen molar-refractivity contribution in [2.45, 2.75) is 24.7 Å². The van der Waals surface area contributed by atoms with Crippen molar-refractivity contribution in [1.82, 2.24) is 4.90 Å². The van der Waals surface area contributed by atoms with Crippen LogP contribution < -0.4 is 9.80 Å². The third kappa shape index (κ3) is 5.08. The second kappa shape index (κ2) is 12.3. The van der Waals surface area contributed by atoms with Crippen LogP contribution in [0.25, 0.3) is 11.1 Å². The van der Waals surface area contributed by atoms with E-state index in [2.05, 4.69) is 0 Å². The first-order valence-electron chi connectivity index (χ1n) is 17.0. The highest BCUT2D eigenvalue weighted by Crippen LogP contribution is 2.57. The van der Waals surface area contributed by atoms with E-state index in [1.807, 2.05) is 0 Å². The fourth-order valence-electron chi connectivity index (χ4n) is 7.63. The average Bonchev–Trinajstić information content (AvgIpc) is 3.64. The van der Waals surface area contributed by atoms with Crippen molar-refractivity contribution >= 4 is 46.8 Å². The maximum Gasteiger partial charge on any atom is 0.411 e. The summed E-state index contributed by atoms with van der Waals surface area (Å²) in [5.41, 5.74) is -9.53. The van der Waals surface area contributed by atoms with E-state index < -0.39 is 104 Å². The van der Waals surface area contributed by atoms with Crippen LogP contribution in [0.2, 0.25) is 0 Å². The first kappa shape index (κ1) is 37.6. The van der Waals surface area contributed by atoms with Crippen LogP contribution in [0.15, 0.2) is 91.0 Å². The zero-order valence-corrected chi connectivity index (χ0v) is 29.6. The van der Waals surface area contributed by atoms with Gasteiger partial charge in [-0.05, 0) is 89.8 Å². The summed E-state index contributed by atoms with van der Waals surface area (Å²) in [5, 5.41) is 21.9. The molecule has 0 saturated heterocycles. The first-order valence-corrected chi connectivity index (χ1v) is 17.0. The maximum atomic E-state index is 15.0. The van der Waals surface area contributed by atoms with Crippen LogP contribution in [0, 0.1) is 6.92 Å². The van der Waals surface area contributed by atoms with Crippen molar-refractivity contribution in [3.05, 3.63) is 141 Å². The van der Waals surface area contributed by atoms with E-state index in [-0.39, 0.29) is 34.0 Å². The number of hydrogen-bond acceptors (Lipinski definition) is 8. The lowest BCUT2D eigenvalue weighted by Gasteiger charge is -2.38. The minimum atomic E-state index is -6.15. The van der Waals surface area contributed by atoms with Crippen LogP contribution in [0.5, 0.6) is 11.5 Å². The summed E-state index contributed by atoms with van der Waals surface area (Å²) in [4.78, 5) is 80.0. The van der Waals surface area contributed by atoms with Gasteiger partial charge in [0.2, 0.25) is 5.41 Å². The van der Waals surface area contributed by atoms with Crippen molar-refractivity contribution in [3.8, 4) is 22.6 Å². The molecular weight excluding hydrogens is 776 g/mol. The van der Waals surface area contributed by atoms with Gasteiger partial charge < -0.3 is 10.2 Å². The van der Waals surface area contributed by atoms with Gasteiger partial charge in [0.05, 0.1) is 44.8 Å². The number of carbonyl (C=O) groups excluding carboxylic acids is 6. The molecule has 292 valence electrons. The highest BCUT2D eigenvalue weighted by Gasteiger charge is 2.73. The van der Waals surface area contributed by atoms with Gasteiger partial charge in [0, 0.05) is 7.05 Å². The normalized spacial score (nSPS) is 15.5. The van der Waals surface area contributed by atoms with Crippen molar-refractivity contribution in [3.63, 3.8) is 0 Å². The second-order valence-corrected chi connectivity index (χ2v) is 13.8. The Labute approximate surface area is 321 Å². The maximum absolute atomic E-state index is 15.0. The van der Waals surface area contributed by atoms with E-state index in [1.54, 1.807) is 19.1 Å². The molecule has 0 spiro atoms. The number of rotatable bonds is 5. The molecule has 3 aliphatic rings. The van der Waals surface area contributed by atoms with Gasteiger partial charge in [-0.1, -0.05) is 35.9 Å². The lowest BCUT2D eigenvalue weighted by atomic mass is 9.71. The monoisotopic (exact) mass is 799 g/mol. The molecule has 17 heteroatoms. The summed E-state index contributed by atoms with van der Waals surface area (Å²) in [6.45, 7) is 1.74. The summed E-state index contributed by atoms with van der Waals surface area (Å²) in [7, 11) is 1.01. The Morgan fingerprint density at radius 2 is 0.810 bits per heavy atom. The number of phenolic OH excluding ortho intramolecular Hbond substituents is 2. The van der Waals surface area contributed by atoms with Gasteiger partial charge in [-0.3, -0.25) is 33.7 Å². The fraction of sp³-hybridized carbons (Fsp3) is 0.122. The highest BCUT2D eigenvalue weighted by molar-refractivity contribution is 6.36. The number of amides is 6. The minimum Gasteiger partial charge on any atom is -0.506 e. The van der Waals surface area contributed by atoms with Crippen LogP contribution in [0.1, 0.15) is 78.8 Å². The molecule has 11 nitrogen and oxygen atoms in total. The molecule has 6 amide bonds. The SMILES string of the molecule is Cc1ccc2c(c1)C(=O)N(c1ccc(-c3ccc(N4C(=O)c5ccc(C(c6ccc7c(c6)C(=O)N(C)C7=O)(C(F)(F)F)C(F)(F)F)cc5C4=O)c(O)c3)cc1O)C2=O. The molecule has 58 heavy (non-hydrogen) atoms. The van der Waals surface area contributed by atoms with Crippen LogP contribution in [-0.4, -0.2) is 70.0 Å². The third-order valence-corrected chi connectivity index (χ3v) is 10.5. The van der Waals surface area contributed by atoms with Crippen LogP contribution in [0.3, 0.4) is 0 Å². The number of phenols is 2. The number of aryl methyl sites for hydroxylation is 1. The standard InChI is InChI=1S/C41H23F6N3O8/c1-18-3-8-24-26(13-18)37(57)49(35(24)55)29-11-4-19(14-31(29)51)20-5-12-30(32(52)15-20)50-36(56)25-10-7-22(17-28(25)38(50)58)39(40(42,43)44,41(45,46)47)21-6-9-23-27(16-21)34(54)48(2)33(23)53/h3-17,51-52H,1-2H3. The Hall–Kier alpha value is -7.30. The molecule has 5 aromatic rings. The number of anilines is 2. The van der Waals surface area contributed by atoms with Gasteiger partial charge in [-0.25, -0.2) is 9.80 Å². The number of alkyl halides is 6. The number of hydrogen-bond donors (Lipinski definition) is 2. The summed E-state index contributed by atoms with van der Waals surface area (Å²) < 4.78 is 90.3. The minimum absolute atomic E-state index is 0.133. The molecular formula is C41H23F6N3O8. The zero-order valence-electron chi connectivity index (χ0n) is 29.6. The Balaban J connectivity index is 1.13. The van der Waals surface area contributed by atoms with Crippen molar-refractivity contribution < 1.29 is 65.3 Å². The van der Waals surface area contributed by atoms with Crippen molar-refractivity contribution in [2.75, 3.05) is 16.8 Å². The zero-order chi connectivity index (χ0) is 42.0. The molecule has 8 rings (SSSR count). The molecule has 0 atom stereocenters. The number of halogens is 6. The molecule has 0 saturated carbocycles. The van der Waals surface area contributed by atoms with E-state index in [1.165, 1.54) is 30.3 Å². The van der Waals surface area contributed by atoms with Gasteiger partial charge in [0.15, 0.2) is 0 Å². The quantitative estimate of drug-likeness (QED) is 0.139. The van der Waals surface area contributed by atoms with E-state index in [9.17, 15) is 39.0 Å². The van der Waals surface area contributed by atoms with Gasteiger partial charge in [-0.2, -0.15) is 26.3 Å². The number of nitrogens with zero attached hydrogens (tertiary/aromatic N) is 3. The predicted molar refractivity (Wildman–Crippen MR) is 191 cm³/mol. The lowest BCUT2D eigenvalue weighted by molar-refractivity contribution is -0.288. The van der Waals surface area contributed by atoms with Crippen LogP contribution in [0.4, 0.5) is 37.7 Å². The van der Waals surface area contributed by atoms with Gasteiger partial charge in [0.1, 0.15) is 11.5 Å². The van der Waals surface area contributed by atoms with Gasteiger partial charge in [0.25, 0.3) is 35.4 Å². The lowest BCUT2D eigenvalue weighted by Crippen LogP contribution is -2.55. The largest absolute Gasteiger partial charge is 0.506 e. The van der Waals surface area contributed by atoms with E-state index in [0.717, 1.165) is 29.6 Å². The van der Waals surface area contributed by atoms with Crippen LogP contribution in [-0.2, 0) is 5.41 Å². The molecule has 2 N–H and O–H groups in total. The average molecular weight is 800 g/mol. The summed E-state index contributed by atoms with van der Waals surface area (Å²) in [6, 6.07) is 14.8. The number of aromatic hydroxyl groups is 2. The summed E-state index contributed by atoms with van der Waals surface area (Å²) >= 11 is 0. The van der Waals surface area contributed by atoms with Gasteiger partial charge >= 0.3 is 12.4 Å². The molecule has 0 radical (unpaired) electrons.